The topological polar surface area (TPSA) is 75.7 Å². The Kier molecular flexibility index (Phi) is 6.50. The summed E-state index contributed by atoms with van der Waals surface area (Å²) in [7, 11) is -4.14. The van der Waals surface area contributed by atoms with Gasteiger partial charge in [0.15, 0.2) is 0 Å². The van der Waals surface area contributed by atoms with Crippen LogP contribution >= 0.6 is 11.6 Å². The SMILES string of the molecule is O=C(NS(=O)(=O)N1CCc2ccccc2C1)c1cc(Cl)c(OCC2CCCC2)cc1F. The lowest BCUT2D eigenvalue weighted by Gasteiger charge is -2.27. The molecule has 0 atom stereocenters. The summed E-state index contributed by atoms with van der Waals surface area (Å²) in [6.07, 6.45) is 5.00. The van der Waals surface area contributed by atoms with Gasteiger partial charge in [-0.25, -0.2) is 9.11 Å². The van der Waals surface area contributed by atoms with E-state index in [1.54, 1.807) is 0 Å². The molecule has 2 aromatic rings. The van der Waals surface area contributed by atoms with E-state index in [2.05, 4.69) is 0 Å². The van der Waals surface area contributed by atoms with Gasteiger partial charge in [-0.2, -0.15) is 12.7 Å². The molecule has 2 aromatic carbocycles. The number of fused-ring (bicyclic) bond motifs is 1. The van der Waals surface area contributed by atoms with Crippen molar-refractivity contribution in [1.29, 1.82) is 0 Å². The first-order chi connectivity index (χ1) is 14.8. The average Bonchev–Trinajstić information content (AvgIpc) is 3.27. The lowest BCUT2D eigenvalue weighted by Crippen LogP contribution is -2.45. The van der Waals surface area contributed by atoms with Gasteiger partial charge in [0.05, 0.1) is 17.2 Å². The minimum Gasteiger partial charge on any atom is -0.492 e. The molecule has 0 bridgehead atoms. The zero-order valence-corrected chi connectivity index (χ0v) is 18.5. The molecule has 0 unspecified atom stereocenters. The van der Waals surface area contributed by atoms with Crippen molar-refractivity contribution in [2.45, 2.75) is 38.6 Å². The molecule has 1 amide bonds. The van der Waals surface area contributed by atoms with Crippen molar-refractivity contribution < 1.29 is 22.3 Å². The Bertz CT molecular complexity index is 1090. The number of nitrogens with zero attached hydrogens (tertiary/aromatic N) is 1. The third kappa shape index (κ3) is 5.02. The normalized spacial score (nSPS) is 17.4. The fourth-order valence-electron chi connectivity index (χ4n) is 4.11. The van der Waals surface area contributed by atoms with Gasteiger partial charge < -0.3 is 4.74 Å². The van der Waals surface area contributed by atoms with E-state index in [0.717, 1.165) is 48.9 Å². The predicted octanol–water partition coefficient (Wildman–Crippen LogP) is 4.08. The van der Waals surface area contributed by atoms with E-state index in [0.29, 0.717) is 18.9 Å². The van der Waals surface area contributed by atoms with E-state index in [9.17, 15) is 17.6 Å². The summed E-state index contributed by atoms with van der Waals surface area (Å²) in [5, 5.41) is 0.0637. The Morgan fingerprint density at radius 2 is 1.90 bits per heavy atom. The van der Waals surface area contributed by atoms with Crippen LogP contribution in [0.25, 0.3) is 0 Å². The second-order valence-corrected chi connectivity index (χ2v) is 10.1. The van der Waals surface area contributed by atoms with Crippen LogP contribution < -0.4 is 9.46 Å². The molecule has 1 heterocycles. The quantitative estimate of drug-likeness (QED) is 0.696. The van der Waals surface area contributed by atoms with E-state index in [-0.39, 0.29) is 23.9 Å². The average molecular weight is 467 g/mol. The molecule has 6 nitrogen and oxygen atoms in total. The number of carbonyl (C=O) groups is 1. The maximum atomic E-state index is 14.6. The maximum absolute atomic E-state index is 14.6. The third-order valence-corrected chi connectivity index (χ3v) is 7.60. The van der Waals surface area contributed by atoms with E-state index in [1.165, 1.54) is 4.31 Å². The molecule has 9 heteroatoms. The highest BCUT2D eigenvalue weighted by Crippen LogP contribution is 2.31. The fourth-order valence-corrected chi connectivity index (χ4v) is 5.44. The molecule has 0 aromatic heterocycles. The monoisotopic (exact) mass is 466 g/mol. The van der Waals surface area contributed by atoms with Crippen LogP contribution in [0.5, 0.6) is 5.75 Å². The molecular formula is C22H24ClFN2O4S. The fraction of sp³-hybridized carbons (Fsp3) is 0.409. The molecule has 0 saturated heterocycles. The van der Waals surface area contributed by atoms with Crippen LogP contribution in [0.3, 0.4) is 0 Å². The third-order valence-electron chi connectivity index (χ3n) is 5.87. The van der Waals surface area contributed by atoms with Gasteiger partial charge in [0.25, 0.3) is 5.91 Å². The van der Waals surface area contributed by atoms with Crippen LogP contribution in [-0.4, -0.2) is 31.8 Å². The molecule has 166 valence electrons. The minimum absolute atomic E-state index is 0.0637. The van der Waals surface area contributed by atoms with E-state index in [4.69, 9.17) is 16.3 Å². The Hall–Kier alpha value is -2.16. The maximum Gasteiger partial charge on any atom is 0.304 e. The molecule has 4 rings (SSSR count). The van der Waals surface area contributed by atoms with Crippen LogP contribution in [0.1, 0.15) is 47.2 Å². The summed E-state index contributed by atoms with van der Waals surface area (Å²) < 4.78 is 48.8. The van der Waals surface area contributed by atoms with Gasteiger partial charge in [0.1, 0.15) is 11.6 Å². The molecule has 0 spiro atoms. The van der Waals surface area contributed by atoms with Gasteiger partial charge in [-0.15, -0.1) is 0 Å². The number of nitrogens with one attached hydrogen (secondary N) is 1. The lowest BCUT2D eigenvalue weighted by molar-refractivity contribution is 0.0974. The van der Waals surface area contributed by atoms with E-state index >= 15 is 0 Å². The molecule has 31 heavy (non-hydrogen) atoms. The van der Waals surface area contributed by atoms with Crippen LogP contribution in [-0.2, 0) is 23.2 Å². The molecule has 1 aliphatic heterocycles. The number of ether oxygens (including phenoxy) is 1. The summed E-state index contributed by atoms with van der Waals surface area (Å²) in [6, 6.07) is 9.68. The van der Waals surface area contributed by atoms with Gasteiger partial charge in [0.2, 0.25) is 0 Å². The zero-order valence-electron chi connectivity index (χ0n) is 16.9. The van der Waals surface area contributed by atoms with Crippen molar-refractivity contribution >= 4 is 27.7 Å². The first-order valence-corrected chi connectivity index (χ1v) is 12.2. The molecule has 1 aliphatic carbocycles. The Labute approximate surface area is 186 Å². The summed E-state index contributed by atoms with van der Waals surface area (Å²) in [5.74, 6) is -1.39. The highest BCUT2D eigenvalue weighted by molar-refractivity contribution is 7.87. The molecule has 1 fully saturated rings. The number of carbonyl (C=O) groups excluding carboxylic acids is 1. The number of benzene rings is 2. The molecule has 2 aliphatic rings. The first-order valence-electron chi connectivity index (χ1n) is 10.3. The van der Waals surface area contributed by atoms with Crippen LogP contribution in [0.15, 0.2) is 36.4 Å². The van der Waals surface area contributed by atoms with Crippen LogP contribution in [0, 0.1) is 11.7 Å². The smallest absolute Gasteiger partial charge is 0.304 e. The summed E-state index contributed by atoms with van der Waals surface area (Å²) in [4.78, 5) is 12.5. The van der Waals surface area contributed by atoms with Crippen molar-refractivity contribution in [2.75, 3.05) is 13.2 Å². The van der Waals surface area contributed by atoms with Crippen molar-refractivity contribution in [1.82, 2.24) is 9.03 Å². The van der Waals surface area contributed by atoms with Gasteiger partial charge in [0, 0.05) is 19.2 Å². The summed E-state index contributed by atoms with van der Waals surface area (Å²) in [5.41, 5.74) is 1.51. The second kappa shape index (κ2) is 9.14. The Morgan fingerprint density at radius 3 is 2.65 bits per heavy atom. The molecular weight excluding hydrogens is 443 g/mol. The highest BCUT2D eigenvalue weighted by atomic mass is 35.5. The van der Waals surface area contributed by atoms with Gasteiger partial charge in [-0.1, -0.05) is 48.7 Å². The number of hydrogen-bond acceptors (Lipinski definition) is 4. The largest absolute Gasteiger partial charge is 0.492 e. The van der Waals surface area contributed by atoms with Crippen molar-refractivity contribution in [2.24, 2.45) is 5.92 Å². The zero-order chi connectivity index (χ0) is 22.0. The second-order valence-electron chi connectivity index (χ2n) is 8.01. The summed E-state index contributed by atoms with van der Waals surface area (Å²) in [6.45, 7) is 0.822. The summed E-state index contributed by atoms with van der Waals surface area (Å²) >= 11 is 6.18. The molecule has 0 radical (unpaired) electrons. The Morgan fingerprint density at radius 1 is 1.19 bits per heavy atom. The van der Waals surface area contributed by atoms with E-state index < -0.39 is 27.5 Å². The highest BCUT2D eigenvalue weighted by Gasteiger charge is 2.29. The van der Waals surface area contributed by atoms with E-state index in [1.807, 2.05) is 29.0 Å². The standard InChI is InChI=1S/C22H24ClFN2O4S/c23-19-11-18(20(24)12-21(19)30-14-15-5-1-2-6-15)22(27)25-31(28,29)26-10-9-16-7-3-4-8-17(16)13-26/h3-4,7-8,11-12,15H,1-2,5-6,9-10,13-14H2,(H,25,27). The van der Waals surface area contributed by atoms with Crippen molar-refractivity contribution in [3.8, 4) is 5.75 Å². The number of amides is 1. The number of hydrogen-bond donors (Lipinski definition) is 1. The first kappa shape index (κ1) is 22.0. The molecule has 1 saturated carbocycles. The van der Waals surface area contributed by atoms with Gasteiger partial charge in [-0.05, 0) is 42.4 Å². The number of halogens is 2. The van der Waals surface area contributed by atoms with Gasteiger partial charge in [-0.3, -0.25) is 4.79 Å². The Balaban J connectivity index is 1.44. The predicted molar refractivity (Wildman–Crippen MR) is 116 cm³/mol. The number of rotatable bonds is 6. The van der Waals surface area contributed by atoms with Crippen molar-refractivity contribution in [3.63, 3.8) is 0 Å². The van der Waals surface area contributed by atoms with Crippen LogP contribution in [0.4, 0.5) is 4.39 Å². The van der Waals surface area contributed by atoms with Gasteiger partial charge >= 0.3 is 10.2 Å². The minimum atomic E-state index is -4.14. The van der Waals surface area contributed by atoms with Crippen LogP contribution in [0.2, 0.25) is 5.02 Å². The van der Waals surface area contributed by atoms with Crippen molar-refractivity contribution in [3.05, 3.63) is 63.9 Å². The lowest BCUT2D eigenvalue weighted by atomic mass is 10.0. The molecule has 1 N–H and O–H groups in total.